The number of fused-ring (bicyclic) bond motifs is 4. The molecule has 1 N–H and O–H groups in total. The van der Waals surface area contributed by atoms with Crippen LogP contribution in [0.2, 0.25) is 0 Å². The van der Waals surface area contributed by atoms with Crippen LogP contribution in [0.1, 0.15) is 33.4 Å². The van der Waals surface area contributed by atoms with E-state index in [1.54, 1.807) is 11.3 Å². The van der Waals surface area contributed by atoms with Crippen LogP contribution in [0.25, 0.3) is 31.9 Å². The lowest BCUT2D eigenvalue weighted by atomic mass is 9.67. The molecule has 8 rings (SSSR count). The fourth-order valence-corrected chi connectivity index (χ4v) is 8.91. The highest BCUT2D eigenvalue weighted by Gasteiger charge is 2.46. The van der Waals surface area contributed by atoms with Crippen LogP contribution in [0, 0.1) is 6.92 Å². The van der Waals surface area contributed by atoms with Crippen molar-refractivity contribution in [1.82, 2.24) is 4.98 Å². The maximum absolute atomic E-state index is 11.3. The molecule has 1 aliphatic carbocycles. The van der Waals surface area contributed by atoms with Crippen molar-refractivity contribution in [2.75, 3.05) is 31.7 Å². The quantitative estimate of drug-likeness (QED) is 0.0469. The first-order chi connectivity index (χ1) is 29.3. The molecule has 60 heavy (non-hydrogen) atoms. The van der Waals surface area contributed by atoms with E-state index in [-0.39, 0.29) is 26.4 Å². The number of anilines is 1. The Balaban J connectivity index is 1.08. The van der Waals surface area contributed by atoms with Crippen molar-refractivity contribution in [2.24, 2.45) is 0 Å². The molecular weight excluding hydrogens is 789 g/mol. The first-order valence-electron chi connectivity index (χ1n) is 19.4. The number of rotatable bonds is 15. The van der Waals surface area contributed by atoms with Crippen LogP contribution in [0.3, 0.4) is 0 Å². The molecule has 6 aromatic carbocycles. The molecule has 10 heteroatoms. The lowest BCUT2D eigenvalue weighted by Crippen LogP contribution is -2.28. The summed E-state index contributed by atoms with van der Waals surface area (Å²) in [7, 11) is 0. The molecule has 0 fully saturated rings. The second-order valence-electron chi connectivity index (χ2n) is 14.0. The highest BCUT2D eigenvalue weighted by Crippen LogP contribution is 2.56. The van der Waals surface area contributed by atoms with Gasteiger partial charge in [-0.1, -0.05) is 92.1 Å². The third kappa shape index (κ3) is 7.95. The van der Waals surface area contributed by atoms with Crippen molar-refractivity contribution >= 4 is 56.4 Å². The number of aryl methyl sites for hydroxylation is 1. The van der Waals surface area contributed by atoms with Gasteiger partial charge in [-0.25, -0.2) is 14.6 Å². The molecule has 0 spiro atoms. The predicted octanol–water partition coefficient (Wildman–Crippen LogP) is 10.6. The highest BCUT2D eigenvalue weighted by atomic mass is 32.1. The minimum Gasteiger partial charge on any atom is -0.490 e. The molecule has 298 valence electrons. The van der Waals surface area contributed by atoms with Gasteiger partial charge in [-0.05, 0) is 113 Å². The Morgan fingerprint density at radius 3 is 1.83 bits per heavy atom. The van der Waals surface area contributed by atoms with E-state index in [4.69, 9.17) is 36.1 Å². The van der Waals surface area contributed by atoms with E-state index in [2.05, 4.69) is 110 Å². The third-order valence-corrected chi connectivity index (χ3v) is 11.8. The molecule has 0 bridgehead atoms. The summed E-state index contributed by atoms with van der Waals surface area (Å²) in [4.78, 5) is 28.2. The summed E-state index contributed by atoms with van der Waals surface area (Å²) >= 11 is 7.53. The van der Waals surface area contributed by atoms with Gasteiger partial charge in [0.1, 0.15) is 47.9 Å². The Labute approximate surface area is 357 Å². The smallest absolute Gasteiger partial charge is 0.330 e. The fourth-order valence-electron chi connectivity index (χ4n) is 7.65. The zero-order valence-corrected chi connectivity index (χ0v) is 34.4. The Kier molecular flexibility index (Phi) is 11.7. The summed E-state index contributed by atoms with van der Waals surface area (Å²) in [5.74, 6) is 0.371. The third-order valence-electron chi connectivity index (χ3n) is 10.4. The summed E-state index contributed by atoms with van der Waals surface area (Å²) in [6, 6.07) is 46.0. The van der Waals surface area contributed by atoms with E-state index in [1.807, 2.05) is 48.5 Å². The van der Waals surface area contributed by atoms with Gasteiger partial charge in [0.25, 0.3) is 0 Å². The van der Waals surface area contributed by atoms with Crippen molar-refractivity contribution in [3.8, 4) is 33.2 Å². The van der Waals surface area contributed by atoms with Gasteiger partial charge in [-0.15, -0.1) is 11.3 Å². The lowest BCUT2D eigenvalue weighted by Gasteiger charge is -2.34. The normalized spacial score (nSPS) is 12.2. The largest absolute Gasteiger partial charge is 0.490 e. The molecule has 0 radical (unpaired) electrons. The summed E-state index contributed by atoms with van der Waals surface area (Å²) < 4.78 is 22.5. The summed E-state index contributed by atoms with van der Waals surface area (Å²) in [6.07, 6.45) is 2.26. The van der Waals surface area contributed by atoms with Crippen LogP contribution in [0.5, 0.6) is 11.5 Å². The minimum atomic E-state index is -0.603. The van der Waals surface area contributed by atoms with Gasteiger partial charge in [0.2, 0.25) is 0 Å². The highest BCUT2D eigenvalue weighted by molar-refractivity contribution is 7.81. The summed E-state index contributed by atoms with van der Waals surface area (Å²) in [6.45, 7) is 9.67. The molecule has 1 aliphatic rings. The molecule has 0 unspecified atom stereocenters. The molecular formula is C50H40N2O6S2. The van der Waals surface area contributed by atoms with E-state index >= 15 is 0 Å². The zero-order chi connectivity index (χ0) is 41.6. The van der Waals surface area contributed by atoms with Crippen LogP contribution >= 0.6 is 23.6 Å². The van der Waals surface area contributed by atoms with Crippen molar-refractivity contribution in [3.05, 3.63) is 192 Å². The van der Waals surface area contributed by atoms with Gasteiger partial charge in [0, 0.05) is 29.0 Å². The lowest BCUT2D eigenvalue weighted by molar-refractivity contribution is -0.139. The van der Waals surface area contributed by atoms with Gasteiger partial charge < -0.3 is 24.3 Å². The number of ether oxygens (including phenoxy) is 4. The van der Waals surface area contributed by atoms with Crippen LogP contribution in [0.4, 0.5) is 5.69 Å². The zero-order valence-electron chi connectivity index (χ0n) is 32.8. The topological polar surface area (TPSA) is 96.0 Å². The van der Waals surface area contributed by atoms with Crippen molar-refractivity contribution < 1.29 is 28.5 Å². The van der Waals surface area contributed by atoms with Crippen LogP contribution in [0.15, 0.2) is 159 Å². The maximum atomic E-state index is 11.3. The number of carbonyl (C=O) groups excluding carboxylic acids is 2. The second kappa shape index (κ2) is 17.5. The second-order valence-corrected chi connectivity index (χ2v) is 15.5. The first-order valence-corrected chi connectivity index (χ1v) is 20.6. The average Bonchev–Trinajstić information content (AvgIpc) is 3.85. The van der Waals surface area contributed by atoms with Gasteiger partial charge in [-0.3, -0.25) is 0 Å². The van der Waals surface area contributed by atoms with Crippen molar-refractivity contribution in [2.45, 2.75) is 12.3 Å². The Morgan fingerprint density at radius 1 is 0.700 bits per heavy atom. The Morgan fingerprint density at radius 2 is 1.25 bits per heavy atom. The monoisotopic (exact) mass is 828 g/mol. The van der Waals surface area contributed by atoms with E-state index in [1.165, 1.54) is 22.3 Å². The first kappa shape index (κ1) is 39.9. The van der Waals surface area contributed by atoms with Gasteiger partial charge in [0.05, 0.1) is 15.6 Å². The summed E-state index contributed by atoms with van der Waals surface area (Å²) in [5, 5.41) is 4.39. The molecule has 0 aliphatic heterocycles. The number of nitrogens with one attached hydrogen (secondary N) is 1. The number of thiocarbonyl (C=S) groups is 1. The summed E-state index contributed by atoms with van der Waals surface area (Å²) in [5.41, 5.74) is 11.3. The van der Waals surface area contributed by atoms with Gasteiger partial charge >= 0.3 is 11.9 Å². The molecule has 1 aromatic heterocycles. The number of hydrogen-bond acceptors (Lipinski definition) is 9. The molecule has 1 heterocycles. The van der Waals surface area contributed by atoms with Gasteiger partial charge in [0.15, 0.2) is 0 Å². The number of hydrogen-bond donors (Lipinski definition) is 1. The van der Waals surface area contributed by atoms with Crippen LogP contribution < -0.4 is 14.8 Å². The standard InChI is InChI=1S/C50H40N2O6S2/c1-4-46(53)57-28-26-55-37-20-14-33(15-21-37)48(59)51-43-24-18-35(30-32(43)3)50(41-12-8-6-10-39(41)40-11-7-9-13-42(40)50)36-19-25-44-45(31-36)60-49(52-44)34-16-22-38(23-17-34)56-27-29-58-47(54)5-2/h4-25,30-31H,1-2,26-29H2,3H3,(H,51,59). The Bertz CT molecular complexity index is 2710. The number of aromatic nitrogens is 1. The van der Waals surface area contributed by atoms with E-state index in [9.17, 15) is 9.59 Å². The molecule has 0 saturated heterocycles. The van der Waals surface area contributed by atoms with Crippen LogP contribution in [-0.2, 0) is 24.5 Å². The number of benzene rings is 6. The van der Waals surface area contributed by atoms with Gasteiger partial charge in [-0.2, -0.15) is 0 Å². The average molecular weight is 829 g/mol. The SMILES string of the molecule is C=CC(=O)OCCOc1ccc(C(=S)Nc2ccc(C3(c4ccc5nc(-c6ccc(OCCOC(=O)C=C)cc6)sc5c4)c4ccccc4-c4ccccc43)cc2C)cc1. The minimum absolute atomic E-state index is 0.134. The molecule has 0 saturated carbocycles. The molecule has 0 atom stereocenters. The molecule has 0 amide bonds. The van der Waals surface area contributed by atoms with E-state index < -0.39 is 17.4 Å². The number of carbonyl (C=O) groups is 2. The van der Waals surface area contributed by atoms with Crippen LogP contribution in [-0.4, -0.2) is 48.3 Å². The Hall–Kier alpha value is -6.88. The number of nitrogens with zero attached hydrogens (tertiary/aromatic N) is 1. The van der Waals surface area contributed by atoms with E-state index in [0.29, 0.717) is 16.5 Å². The van der Waals surface area contributed by atoms with Crippen molar-refractivity contribution in [1.29, 1.82) is 0 Å². The number of esters is 2. The van der Waals surface area contributed by atoms with Crippen molar-refractivity contribution in [3.63, 3.8) is 0 Å². The van der Waals surface area contributed by atoms with E-state index in [0.717, 1.165) is 60.9 Å². The predicted molar refractivity (Wildman–Crippen MR) is 242 cm³/mol. The molecule has 8 nitrogen and oxygen atoms in total. The fraction of sp³-hybridized carbons (Fsp3) is 0.120. The number of thiazole rings is 1. The molecule has 7 aromatic rings. The maximum Gasteiger partial charge on any atom is 0.330 e.